The molecule has 18 heavy (non-hydrogen) atoms. The third kappa shape index (κ3) is 4.53. The van der Waals surface area contributed by atoms with Crippen LogP contribution in [0.25, 0.3) is 0 Å². The Kier molecular flexibility index (Phi) is 5.84. The summed E-state index contributed by atoms with van der Waals surface area (Å²) >= 11 is 0. The smallest absolute Gasteiger partial charge is 0.139 e. The molecule has 0 bridgehead atoms. The van der Waals surface area contributed by atoms with Crippen LogP contribution < -0.4 is 15.8 Å². The molecule has 5 heteroatoms. The van der Waals surface area contributed by atoms with Crippen molar-refractivity contribution >= 4 is 11.5 Å². The van der Waals surface area contributed by atoms with Crippen molar-refractivity contribution in [2.24, 2.45) is 10.9 Å². The molecule has 0 spiro atoms. The van der Waals surface area contributed by atoms with E-state index in [4.69, 9.17) is 15.7 Å². The number of nitrogens with zero attached hydrogens (tertiary/aromatic N) is 1. The first-order valence-electron chi connectivity index (χ1n) is 6.02. The molecular weight excluding hydrogens is 230 g/mol. The molecule has 0 unspecified atom stereocenters. The van der Waals surface area contributed by atoms with Crippen molar-refractivity contribution in [3.63, 3.8) is 0 Å². The Hall–Kier alpha value is -1.91. The quantitative estimate of drug-likeness (QED) is 0.228. The normalized spacial score (nSPS) is 11.3. The van der Waals surface area contributed by atoms with Crippen molar-refractivity contribution in [3.05, 3.63) is 23.8 Å². The Morgan fingerprint density at radius 1 is 1.44 bits per heavy atom. The summed E-state index contributed by atoms with van der Waals surface area (Å²) in [5, 5.41) is 14.6. The molecule has 0 aromatic heterocycles. The van der Waals surface area contributed by atoms with E-state index in [1.54, 1.807) is 7.11 Å². The summed E-state index contributed by atoms with van der Waals surface area (Å²) in [5.74, 6) is 1.18. The van der Waals surface area contributed by atoms with Gasteiger partial charge in [0.05, 0.1) is 7.11 Å². The predicted octanol–water partition coefficient (Wildman–Crippen LogP) is 2.33. The lowest BCUT2D eigenvalue weighted by atomic mass is 10.2. The number of rotatable bonds is 7. The molecule has 0 heterocycles. The van der Waals surface area contributed by atoms with E-state index >= 15 is 0 Å². The van der Waals surface area contributed by atoms with E-state index < -0.39 is 0 Å². The fourth-order valence-corrected chi connectivity index (χ4v) is 1.70. The molecule has 0 saturated heterocycles. The lowest BCUT2D eigenvalue weighted by molar-refractivity contribution is 0.316. The number of nitrogens with two attached hydrogens (primary N) is 1. The van der Waals surface area contributed by atoms with Gasteiger partial charge in [-0.3, -0.25) is 0 Å². The summed E-state index contributed by atoms with van der Waals surface area (Å²) in [6.45, 7) is 2.88. The molecule has 1 aromatic rings. The van der Waals surface area contributed by atoms with Gasteiger partial charge in [0, 0.05) is 18.7 Å². The van der Waals surface area contributed by atoms with Gasteiger partial charge in [-0.2, -0.15) is 0 Å². The first kappa shape index (κ1) is 14.2. The number of methoxy groups -OCH3 is 1. The largest absolute Gasteiger partial charge is 0.496 e. The molecule has 0 saturated carbocycles. The molecule has 0 fully saturated rings. The van der Waals surface area contributed by atoms with Crippen molar-refractivity contribution in [3.8, 4) is 5.75 Å². The van der Waals surface area contributed by atoms with Gasteiger partial charge in [-0.05, 0) is 43.5 Å². The third-order valence-corrected chi connectivity index (χ3v) is 2.71. The van der Waals surface area contributed by atoms with Crippen LogP contribution in [-0.2, 0) is 0 Å². The number of hydrogen-bond donors (Lipinski definition) is 3. The molecule has 0 aliphatic rings. The van der Waals surface area contributed by atoms with Gasteiger partial charge < -0.3 is 21.0 Å². The maximum atomic E-state index is 8.38. The van der Waals surface area contributed by atoms with E-state index in [1.165, 1.54) is 0 Å². The van der Waals surface area contributed by atoms with E-state index in [2.05, 4.69) is 16.5 Å². The third-order valence-electron chi connectivity index (χ3n) is 2.71. The summed E-state index contributed by atoms with van der Waals surface area (Å²) < 4.78 is 5.20. The molecule has 1 rings (SSSR count). The van der Waals surface area contributed by atoms with Gasteiger partial charge in [-0.15, -0.1) is 0 Å². The van der Waals surface area contributed by atoms with Gasteiger partial charge in [0.1, 0.15) is 11.6 Å². The van der Waals surface area contributed by atoms with Crippen molar-refractivity contribution < 1.29 is 9.94 Å². The first-order chi connectivity index (χ1) is 8.67. The minimum Gasteiger partial charge on any atom is -0.496 e. The molecule has 1 aromatic carbocycles. The van der Waals surface area contributed by atoms with Crippen LogP contribution >= 0.6 is 0 Å². The second kappa shape index (κ2) is 7.42. The summed E-state index contributed by atoms with van der Waals surface area (Å²) in [4.78, 5) is 0. The van der Waals surface area contributed by atoms with Gasteiger partial charge in [-0.1, -0.05) is 5.16 Å². The Bertz CT molecular complexity index is 405. The van der Waals surface area contributed by atoms with Gasteiger partial charge in [0.15, 0.2) is 0 Å². The standard InChI is InChI=1S/C13H21N3O2/c1-10-9-11(6-7-12(10)18-2)15-8-4-3-5-13(14)16-17/h6-7,9,15,17H,3-5,8H2,1-2H3,(H2,14,16). The van der Waals surface area contributed by atoms with Crippen molar-refractivity contribution in [1.29, 1.82) is 0 Å². The number of nitrogens with one attached hydrogen (secondary N) is 1. The van der Waals surface area contributed by atoms with E-state index in [-0.39, 0.29) is 5.84 Å². The molecule has 0 radical (unpaired) electrons. The zero-order valence-electron chi connectivity index (χ0n) is 10.9. The Labute approximate surface area is 108 Å². The van der Waals surface area contributed by atoms with Crippen LogP contribution in [0.3, 0.4) is 0 Å². The highest BCUT2D eigenvalue weighted by molar-refractivity contribution is 5.79. The molecule has 100 valence electrons. The number of unbranched alkanes of at least 4 members (excludes halogenated alkanes) is 1. The number of benzene rings is 1. The molecular formula is C13H21N3O2. The minimum absolute atomic E-state index is 0.287. The topological polar surface area (TPSA) is 79.9 Å². The van der Waals surface area contributed by atoms with Crippen LogP contribution in [0.4, 0.5) is 5.69 Å². The van der Waals surface area contributed by atoms with Gasteiger partial charge in [-0.25, -0.2) is 0 Å². The molecule has 0 amide bonds. The SMILES string of the molecule is COc1ccc(NCCCCC(N)=NO)cc1C. The van der Waals surface area contributed by atoms with Crippen LogP contribution in [-0.4, -0.2) is 24.7 Å². The van der Waals surface area contributed by atoms with Crippen molar-refractivity contribution in [1.82, 2.24) is 0 Å². The zero-order chi connectivity index (χ0) is 13.4. The van der Waals surface area contributed by atoms with E-state index in [0.717, 1.165) is 36.4 Å². The Balaban J connectivity index is 2.29. The lowest BCUT2D eigenvalue weighted by Crippen LogP contribution is -2.11. The molecule has 4 N–H and O–H groups in total. The Morgan fingerprint density at radius 2 is 2.22 bits per heavy atom. The number of aryl methyl sites for hydroxylation is 1. The molecule has 0 atom stereocenters. The summed E-state index contributed by atoms with van der Waals surface area (Å²) in [6.07, 6.45) is 2.50. The van der Waals surface area contributed by atoms with Crippen molar-refractivity contribution in [2.75, 3.05) is 19.0 Å². The minimum atomic E-state index is 0.287. The average molecular weight is 251 g/mol. The number of hydrogen-bond acceptors (Lipinski definition) is 4. The fraction of sp³-hybridized carbons (Fsp3) is 0.462. The van der Waals surface area contributed by atoms with Crippen LogP contribution in [0.2, 0.25) is 0 Å². The van der Waals surface area contributed by atoms with Crippen LogP contribution in [0, 0.1) is 6.92 Å². The lowest BCUT2D eigenvalue weighted by Gasteiger charge is -2.09. The van der Waals surface area contributed by atoms with Crippen LogP contribution in [0.5, 0.6) is 5.75 Å². The monoisotopic (exact) mass is 251 g/mol. The number of ether oxygens (including phenoxy) is 1. The van der Waals surface area contributed by atoms with Crippen LogP contribution in [0.1, 0.15) is 24.8 Å². The van der Waals surface area contributed by atoms with E-state index in [9.17, 15) is 0 Å². The second-order valence-electron chi connectivity index (χ2n) is 4.16. The van der Waals surface area contributed by atoms with E-state index in [1.807, 2.05) is 19.1 Å². The summed E-state index contributed by atoms with van der Waals surface area (Å²) in [5.41, 5.74) is 7.57. The molecule has 0 aliphatic carbocycles. The average Bonchev–Trinajstić information content (AvgIpc) is 2.38. The van der Waals surface area contributed by atoms with E-state index in [0.29, 0.717) is 6.42 Å². The maximum Gasteiger partial charge on any atom is 0.139 e. The van der Waals surface area contributed by atoms with Crippen LogP contribution in [0.15, 0.2) is 23.4 Å². The molecule has 0 aliphatic heterocycles. The predicted molar refractivity (Wildman–Crippen MR) is 73.5 cm³/mol. The first-order valence-corrected chi connectivity index (χ1v) is 6.02. The summed E-state index contributed by atoms with van der Waals surface area (Å²) in [7, 11) is 1.67. The van der Waals surface area contributed by atoms with Gasteiger partial charge in [0.25, 0.3) is 0 Å². The number of anilines is 1. The van der Waals surface area contributed by atoms with Gasteiger partial charge in [0.2, 0.25) is 0 Å². The fourth-order valence-electron chi connectivity index (χ4n) is 1.70. The van der Waals surface area contributed by atoms with Gasteiger partial charge >= 0.3 is 0 Å². The number of oxime groups is 1. The summed E-state index contributed by atoms with van der Waals surface area (Å²) in [6, 6.07) is 6.01. The highest BCUT2D eigenvalue weighted by atomic mass is 16.5. The molecule has 5 nitrogen and oxygen atoms in total. The number of amidine groups is 1. The maximum absolute atomic E-state index is 8.38. The highest BCUT2D eigenvalue weighted by Gasteiger charge is 1.99. The zero-order valence-corrected chi connectivity index (χ0v) is 10.9. The second-order valence-corrected chi connectivity index (χ2v) is 4.16. The Morgan fingerprint density at radius 3 is 2.83 bits per heavy atom. The van der Waals surface area contributed by atoms with Crippen molar-refractivity contribution in [2.45, 2.75) is 26.2 Å². The highest BCUT2D eigenvalue weighted by Crippen LogP contribution is 2.21.